The van der Waals surface area contributed by atoms with Gasteiger partial charge < -0.3 is 19.8 Å². The Bertz CT molecular complexity index is 1630. The number of ether oxygens (including phenoxy) is 2. The molecule has 0 atom stereocenters. The van der Waals surface area contributed by atoms with Gasteiger partial charge in [-0.15, -0.1) is 0 Å². The van der Waals surface area contributed by atoms with Gasteiger partial charge >= 0.3 is 0 Å². The second-order valence-corrected chi connectivity index (χ2v) is 9.05. The average Bonchev–Trinajstić information content (AvgIpc) is 3.48. The molecule has 6 rings (SSSR count). The first kappa shape index (κ1) is 24.2. The summed E-state index contributed by atoms with van der Waals surface area (Å²) in [5.74, 6) is 1.77. The number of aromatic amines is 1. The highest BCUT2D eigenvalue weighted by Gasteiger charge is 2.42. The predicted molar refractivity (Wildman–Crippen MR) is 152 cm³/mol. The van der Waals surface area contributed by atoms with Crippen molar-refractivity contribution in [2.24, 2.45) is 0 Å². The molecule has 0 unspecified atom stereocenters. The standard InChI is InChI=1S/C32H27N5O2/c1-38-27-18-11-19-28(39-21-23-12-5-2-6-13-23)29(27)32(24-14-7-3-8-15-24,25-16-9-4-10-17-25)37-31-33-20-26-30(36-31)35-22-34-26/h2-20,22H,21H2,1H3,(H2,33,34,35,36,37). The van der Waals surface area contributed by atoms with Gasteiger partial charge in [-0.1, -0.05) is 97.1 Å². The molecule has 192 valence electrons. The molecule has 2 aromatic heterocycles. The van der Waals surface area contributed by atoms with E-state index in [1.807, 2.05) is 84.9 Å². The largest absolute Gasteiger partial charge is 0.496 e. The smallest absolute Gasteiger partial charge is 0.226 e. The van der Waals surface area contributed by atoms with E-state index in [4.69, 9.17) is 14.5 Å². The van der Waals surface area contributed by atoms with Crippen molar-refractivity contribution in [2.45, 2.75) is 12.1 Å². The molecule has 4 aromatic carbocycles. The topological polar surface area (TPSA) is 85.0 Å². The van der Waals surface area contributed by atoms with Crippen molar-refractivity contribution in [1.82, 2.24) is 19.9 Å². The van der Waals surface area contributed by atoms with E-state index in [2.05, 4.69) is 44.5 Å². The van der Waals surface area contributed by atoms with Crippen LogP contribution in [0.25, 0.3) is 11.2 Å². The Morgan fingerprint density at radius 3 is 2.05 bits per heavy atom. The van der Waals surface area contributed by atoms with Gasteiger partial charge in [0.05, 0.1) is 25.2 Å². The van der Waals surface area contributed by atoms with Crippen molar-refractivity contribution in [1.29, 1.82) is 0 Å². The van der Waals surface area contributed by atoms with Gasteiger partial charge in [0.15, 0.2) is 5.65 Å². The van der Waals surface area contributed by atoms with Gasteiger partial charge in [0.2, 0.25) is 5.95 Å². The van der Waals surface area contributed by atoms with Gasteiger partial charge in [-0.3, -0.25) is 0 Å². The van der Waals surface area contributed by atoms with Crippen molar-refractivity contribution in [3.63, 3.8) is 0 Å². The lowest BCUT2D eigenvalue weighted by Crippen LogP contribution is -2.39. The molecule has 0 saturated heterocycles. The van der Waals surface area contributed by atoms with E-state index >= 15 is 0 Å². The van der Waals surface area contributed by atoms with E-state index in [1.54, 1.807) is 19.6 Å². The average molecular weight is 514 g/mol. The number of H-pyrrole nitrogens is 1. The van der Waals surface area contributed by atoms with Crippen LogP contribution >= 0.6 is 0 Å². The van der Waals surface area contributed by atoms with Crippen LogP contribution in [0.4, 0.5) is 5.95 Å². The third kappa shape index (κ3) is 4.66. The molecule has 0 amide bonds. The maximum atomic E-state index is 6.53. The lowest BCUT2D eigenvalue weighted by Gasteiger charge is -2.38. The van der Waals surface area contributed by atoms with Crippen LogP contribution in [0.2, 0.25) is 0 Å². The summed E-state index contributed by atoms with van der Waals surface area (Å²) in [6.07, 6.45) is 3.34. The van der Waals surface area contributed by atoms with Gasteiger partial charge in [0.1, 0.15) is 29.2 Å². The fourth-order valence-electron chi connectivity index (χ4n) is 4.91. The molecule has 2 N–H and O–H groups in total. The van der Waals surface area contributed by atoms with Crippen LogP contribution in [-0.4, -0.2) is 27.0 Å². The number of nitrogens with one attached hydrogen (secondary N) is 2. The van der Waals surface area contributed by atoms with Gasteiger partial charge in [-0.25, -0.2) is 9.97 Å². The van der Waals surface area contributed by atoms with Crippen LogP contribution in [0, 0.1) is 0 Å². The molecule has 0 saturated carbocycles. The van der Waals surface area contributed by atoms with Crippen molar-refractivity contribution in [3.8, 4) is 11.5 Å². The summed E-state index contributed by atoms with van der Waals surface area (Å²) >= 11 is 0. The van der Waals surface area contributed by atoms with E-state index < -0.39 is 5.54 Å². The highest BCUT2D eigenvalue weighted by atomic mass is 16.5. The fourth-order valence-corrected chi connectivity index (χ4v) is 4.91. The van der Waals surface area contributed by atoms with Gasteiger partial charge in [0.25, 0.3) is 0 Å². The Morgan fingerprint density at radius 2 is 1.38 bits per heavy atom. The summed E-state index contributed by atoms with van der Waals surface area (Å²) in [7, 11) is 1.67. The van der Waals surface area contributed by atoms with Gasteiger partial charge in [0, 0.05) is 0 Å². The Balaban J connectivity index is 1.60. The van der Waals surface area contributed by atoms with Crippen LogP contribution in [0.5, 0.6) is 11.5 Å². The Labute approximate surface area is 226 Å². The van der Waals surface area contributed by atoms with E-state index in [0.717, 1.165) is 27.8 Å². The summed E-state index contributed by atoms with van der Waals surface area (Å²) in [4.78, 5) is 16.8. The maximum Gasteiger partial charge on any atom is 0.226 e. The first-order valence-corrected chi connectivity index (χ1v) is 12.7. The third-order valence-corrected chi connectivity index (χ3v) is 6.71. The quantitative estimate of drug-likeness (QED) is 0.219. The first-order valence-electron chi connectivity index (χ1n) is 12.7. The Kier molecular flexibility index (Phi) is 6.62. The minimum Gasteiger partial charge on any atom is -0.496 e. The first-order chi connectivity index (χ1) is 19.3. The molecule has 0 aliphatic carbocycles. The van der Waals surface area contributed by atoms with Crippen LogP contribution in [0.3, 0.4) is 0 Å². The zero-order valence-electron chi connectivity index (χ0n) is 21.4. The van der Waals surface area contributed by atoms with Crippen molar-refractivity contribution in [3.05, 3.63) is 144 Å². The molecule has 7 heteroatoms. The summed E-state index contributed by atoms with van der Waals surface area (Å²) < 4.78 is 12.5. The van der Waals surface area contributed by atoms with E-state index in [9.17, 15) is 0 Å². The molecule has 0 spiro atoms. The monoisotopic (exact) mass is 513 g/mol. The van der Waals surface area contributed by atoms with Crippen molar-refractivity contribution >= 4 is 17.1 Å². The summed E-state index contributed by atoms with van der Waals surface area (Å²) in [6.45, 7) is 0.399. The lowest BCUT2D eigenvalue weighted by molar-refractivity contribution is 0.295. The lowest BCUT2D eigenvalue weighted by atomic mass is 9.76. The fraction of sp³-hybridized carbons (Fsp3) is 0.0938. The van der Waals surface area contributed by atoms with Crippen LogP contribution in [0.1, 0.15) is 22.3 Å². The number of rotatable bonds is 9. The number of aromatic nitrogens is 4. The van der Waals surface area contributed by atoms with Crippen molar-refractivity contribution in [2.75, 3.05) is 12.4 Å². The molecule has 39 heavy (non-hydrogen) atoms. The molecule has 0 aliphatic rings. The van der Waals surface area contributed by atoms with E-state index in [0.29, 0.717) is 29.7 Å². The number of nitrogens with zero attached hydrogens (tertiary/aromatic N) is 3. The molecule has 0 fully saturated rings. The zero-order chi connectivity index (χ0) is 26.5. The molecular formula is C32H27N5O2. The molecular weight excluding hydrogens is 486 g/mol. The maximum absolute atomic E-state index is 6.53. The SMILES string of the molecule is COc1cccc(OCc2ccccc2)c1C(Nc1ncc2[nH]cnc2n1)(c1ccccc1)c1ccccc1. The highest BCUT2D eigenvalue weighted by Crippen LogP contribution is 2.48. The summed E-state index contributed by atoms with van der Waals surface area (Å²) in [5, 5.41) is 3.70. The summed E-state index contributed by atoms with van der Waals surface area (Å²) in [5.41, 5.74) is 4.17. The minimum atomic E-state index is -0.981. The number of benzene rings is 4. The van der Waals surface area contributed by atoms with Crippen LogP contribution < -0.4 is 14.8 Å². The van der Waals surface area contributed by atoms with Gasteiger partial charge in [-0.05, 0) is 28.8 Å². The third-order valence-electron chi connectivity index (χ3n) is 6.71. The molecule has 0 aliphatic heterocycles. The molecule has 0 radical (unpaired) electrons. The molecule has 7 nitrogen and oxygen atoms in total. The number of hydrogen-bond donors (Lipinski definition) is 2. The highest BCUT2D eigenvalue weighted by molar-refractivity contribution is 5.71. The molecule has 2 heterocycles. The molecule has 6 aromatic rings. The number of imidazole rings is 1. The number of hydrogen-bond acceptors (Lipinski definition) is 6. The van der Waals surface area contributed by atoms with Crippen LogP contribution in [0.15, 0.2) is 122 Å². The summed E-state index contributed by atoms with van der Waals surface area (Å²) in [6, 6.07) is 36.4. The Morgan fingerprint density at radius 1 is 0.744 bits per heavy atom. The zero-order valence-corrected chi connectivity index (χ0v) is 21.4. The number of fused-ring (bicyclic) bond motifs is 1. The second-order valence-electron chi connectivity index (χ2n) is 9.05. The van der Waals surface area contributed by atoms with Crippen molar-refractivity contribution < 1.29 is 9.47 Å². The van der Waals surface area contributed by atoms with Gasteiger partial charge in [-0.2, -0.15) is 4.98 Å². The Hall–Kier alpha value is -5.17. The molecule has 0 bridgehead atoms. The number of anilines is 1. The van der Waals surface area contributed by atoms with Crippen LogP contribution in [-0.2, 0) is 12.1 Å². The van der Waals surface area contributed by atoms with E-state index in [-0.39, 0.29) is 0 Å². The minimum absolute atomic E-state index is 0.399. The normalized spacial score (nSPS) is 11.3. The predicted octanol–water partition coefficient (Wildman–Crippen LogP) is 6.34. The number of methoxy groups -OCH3 is 1. The second kappa shape index (κ2) is 10.7. The van der Waals surface area contributed by atoms with E-state index in [1.165, 1.54) is 0 Å².